The zero-order valence-corrected chi connectivity index (χ0v) is 23.0. The average molecular weight is 543 g/mol. The normalized spacial score (nSPS) is 13.1. The van der Waals surface area contributed by atoms with Crippen molar-refractivity contribution in [1.82, 2.24) is 10.2 Å². The molecule has 1 N–H and O–H groups in total. The second kappa shape index (κ2) is 12.6. The molecule has 0 bridgehead atoms. The Hall–Kier alpha value is -2.29. The van der Waals surface area contributed by atoms with Gasteiger partial charge in [0.05, 0.1) is 22.0 Å². The molecular weight excluding hydrogens is 509 g/mol. The number of halogens is 2. The molecule has 7 nitrogen and oxygen atoms in total. The molecule has 192 valence electrons. The van der Waals surface area contributed by atoms with Gasteiger partial charge in [0.2, 0.25) is 21.8 Å². The van der Waals surface area contributed by atoms with Crippen LogP contribution >= 0.6 is 23.2 Å². The van der Waals surface area contributed by atoms with Crippen molar-refractivity contribution in [3.8, 4) is 0 Å². The van der Waals surface area contributed by atoms with E-state index in [4.69, 9.17) is 23.2 Å². The molecule has 10 heteroatoms. The topological polar surface area (TPSA) is 86.8 Å². The van der Waals surface area contributed by atoms with Crippen LogP contribution in [0, 0.1) is 0 Å². The number of rotatable bonds is 11. The summed E-state index contributed by atoms with van der Waals surface area (Å²) in [5.41, 5.74) is 1.90. The minimum atomic E-state index is -3.79. The summed E-state index contributed by atoms with van der Waals surface area (Å²) in [5, 5.41) is 3.59. The fourth-order valence-electron chi connectivity index (χ4n) is 3.53. The molecule has 0 aliphatic rings. The van der Waals surface area contributed by atoms with Gasteiger partial charge in [-0.15, -0.1) is 0 Å². The van der Waals surface area contributed by atoms with Crippen molar-refractivity contribution in [2.45, 2.75) is 59.2 Å². The monoisotopic (exact) mass is 541 g/mol. The highest BCUT2D eigenvalue weighted by molar-refractivity contribution is 7.92. The van der Waals surface area contributed by atoms with Crippen molar-refractivity contribution in [2.75, 3.05) is 17.1 Å². The Kier molecular flexibility index (Phi) is 10.4. The molecule has 2 aromatic carbocycles. The zero-order valence-electron chi connectivity index (χ0n) is 20.7. The molecule has 2 atom stereocenters. The van der Waals surface area contributed by atoms with Crippen molar-refractivity contribution in [3.05, 3.63) is 63.6 Å². The first-order valence-electron chi connectivity index (χ1n) is 11.5. The van der Waals surface area contributed by atoms with Crippen molar-refractivity contribution >= 4 is 50.7 Å². The smallest absolute Gasteiger partial charge is 0.244 e. The van der Waals surface area contributed by atoms with Crippen molar-refractivity contribution < 1.29 is 18.0 Å². The fraction of sp³-hybridized carbons (Fsp3) is 0.440. The highest BCUT2D eigenvalue weighted by Gasteiger charge is 2.31. The summed E-state index contributed by atoms with van der Waals surface area (Å²) < 4.78 is 26.6. The largest absolute Gasteiger partial charge is 0.352 e. The van der Waals surface area contributed by atoms with E-state index in [-0.39, 0.29) is 18.5 Å². The van der Waals surface area contributed by atoms with Crippen LogP contribution in [-0.4, -0.2) is 50.0 Å². The van der Waals surface area contributed by atoms with Crippen LogP contribution in [0.4, 0.5) is 5.69 Å². The molecule has 2 aromatic rings. The van der Waals surface area contributed by atoms with E-state index in [0.717, 1.165) is 22.5 Å². The predicted octanol–water partition coefficient (Wildman–Crippen LogP) is 4.65. The highest BCUT2D eigenvalue weighted by Crippen LogP contribution is 2.26. The lowest BCUT2D eigenvalue weighted by atomic mass is 10.1. The van der Waals surface area contributed by atoms with Crippen LogP contribution in [0.1, 0.15) is 45.2 Å². The first-order valence-corrected chi connectivity index (χ1v) is 14.1. The molecule has 0 aromatic heterocycles. The quantitative estimate of drug-likeness (QED) is 0.448. The third kappa shape index (κ3) is 7.85. The Labute approximate surface area is 218 Å². The summed E-state index contributed by atoms with van der Waals surface area (Å²) in [4.78, 5) is 27.9. The van der Waals surface area contributed by atoms with Gasteiger partial charge in [0, 0.05) is 12.6 Å². The molecule has 0 unspecified atom stereocenters. The van der Waals surface area contributed by atoms with E-state index in [1.165, 1.54) is 4.90 Å². The number of aryl methyl sites for hydroxylation is 1. The van der Waals surface area contributed by atoms with Crippen LogP contribution in [0.15, 0.2) is 42.5 Å². The summed E-state index contributed by atoms with van der Waals surface area (Å²) in [6, 6.07) is 11.1. The first-order chi connectivity index (χ1) is 16.4. The Balaban J connectivity index is 2.45. The van der Waals surface area contributed by atoms with Crippen LogP contribution in [0.25, 0.3) is 0 Å². The lowest BCUT2D eigenvalue weighted by Gasteiger charge is -2.32. The average Bonchev–Trinajstić information content (AvgIpc) is 2.81. The van der Waals surface area contributed by atoms with E-state index in [1.54, 1.807) is 37.3 Å². The number of anilines is 1. The Morgan fingerprint density at radius 2 is 1.69 bits per heavy atom. The molecule has 0 aliphatic heterocycles. The molecule has 35 heavy (non-hydrogen) atoms. The maximum atomic E-state index is 13.6. The number of carbonyl (C=O) groups is 2. The van der Waals surface area contributed by atoms with Crippen LogP contribution in [0.2, 0.25) is 10.0 Å². The third-order valence-electron chi connectivity index (χ3n) is 5.83. The molecule has 0 heterocycles. The minimum Gasteiger partial charge on any atom is -0.352 e. The van der Waals surface area contributed by atoms with Crippen molar-refractivity contribution in [3.63, 3.8) is 0 Å². The molecule has 0 aliphatic carbocycles. The summed E-state index contributed by atoms with van der Waals surface area (Å²) in [7, 11) is -3.79. The van der Waals surface area contributed by atoms with Gasteiger partial charge in [-0.2, -0.15) is 0 Å². The Bertz CT molecular complexity index is 1160. The Morgan fingerprint density at radius 3 is 2.26 bits per heavy atom. The number of para-hydroxylation sites is 1. The van der Waals surface area contributed by atoms with Gasteiger partial charge in [0.25, 0.3) is 0 Å². The van der Waals surface area contributed by atoms with Crippen LogP contribution in [-0.2, 0) is 32.6 Å². The molecule has 0 fully saturated rings. The maximum absolute atomic E-state index is 13.6. The van der Waals surface area contributed by atoms with Gasteiger partial charge in [-0.25, -0.2) is 8.42 Å². The van der Waals surface area contributed by atoms with E-state index >= 15 is 0 Å². The number of nitrogens with zero attached hydrogens (tertiary/aromatic N) is 2. The second-order valence-corrected chi connectivity index (χ2v) is 11.2. The second-order valence-electron chi connectivity index (χ2n) is 8.52. The van der Waals surface area contributed by atoms with Gasteiger partial charge in [0.1, 0.15) is 12.6 Å². The molecule has 0 radical (unpaired) electrons. The van der Waals surface area contributed by atoms with Gasteiger partial charge in [0.15, 0.2) is 0 Å². The number of hydrogen-bond donors (Lipinski definition) is 1. The highest BCUT2D eigenvalue weighted by atomic mass is 35.5. The SMILES string of the molecule is CCc1ccccc1N(CC(=O)N(Cc1ccc(Cl)c(Cl)c1)[C@H](C)C(=O)N[C@@H](C)CC)S(C)(=O)=O. The van der Waals surface area contributed by atoms with E-state index in [1.807, 2.05) is 32.9 Å². The number of benzene rings is 2. The molecular formula is C25H33Cl2N3O4S. The van der Waals surface area contributed by atoms with E-state index < -0.39 is 28.5 Å². The minimum absolute atomic E-state index is 0.0534. The van der Waals surface area contributed by atoms with Crippen LogP contribution < -0.4 is 9.62 Å². The third-order valence-corrected chi connectivity index (χ3v) is 7.69. The lowest BCUT2D eigenvalue weighted by molar-refractivity contribution is -0.139. The fourth-order valence-corrected chi connectivity index (χ4v) is 4.73. The van der Waals surface area contributed by atoms with E-state index in [9.17, 15) is 18.0 Å². The summed E-state index contributed by atoms with van der Waals surface area (Å²) >= 11 is 12.2. The maximum Gasteiger partial charge on any atom is 0.244 e. The predicted molar refractivity (Wildman–Crippen MR) is 142 cm³/mol. The van der Waals surface area contributed by atoms with E-state index in [0.29, 0.717) is 27.7 Å². The molecule has 0 spiro atoms. The Morgan fingerprint density at radius 1 is 1.03 bits per heavy atom. The molecule has 2 amide bonds. The summed E-state index contributed by atoms with van der Waals surface area (Å²) in [6.07, 6.45) is 2.39. The van der Waals surface area contributed by atoms with Crippen molar-refractivity contribution in [2.24, 2.45) is 0 Å². The van der Waals surface area contributed by atoms with Gasteiger partial charge in [-0.3, -0.25) is 13.9 Å². The van der Waals surface area contributed by atoms with Crippen LogP contribution in [0.5, 0.6) is 0 Å². The summed E-state index contributed by atoms with van der Waals surface area (Å²) in [6.45, 7) is 6.97. The number of hydrogen-bond acceptors (Lipinski definition) is 4. The summed E-state index contributed by atoms with van der Waals surface area (Å²) in [5.74, 6) is -0.841. The number of sulfonamides is 1. The van der Waals surface area contributed by atoms with Crippen molar-refractivity contribution in [1.29, 1.82) is 0 Å². The number of nitrogens with one attached hydrogen (secondary N) is 1. The first kappa shape index (κ1) is 28.9. The number of amides is 2. The van der Waals surface area contributed by atoms with E-state index in [2.05, 4.69) is 5.32 Å². The van der Waals surface area contributed by atoms with Gasteiger partial charge in [-0.05, 0) is 56.0 Å². The molecule has 0 saturated carbocycles. The molecule has 0 saturated heterocycles. The van der Waals surface area contributed by atoms with Gasteiger partial charge in [-0.1, -0.05) is 61.3 Å². The van der Waals surface area contributed by atoms with Gasteiger partial charge < -0.3 is 10.2 Å². The standard InChI is InChI=1S/C25H33Cl2N3O4S/c1-6-17(3)28-25(32)18(4)29(15-19-12-13-21(26)22(27)14-19)24(31)16-30(35(5,33)34)23-11-9-8-10-20(23)7-2/h8-14,17-18H,6-7,15-16H2,1-5H3,(H,28,32)/t17-,18+/m0/s1. The lowest BCUT2D eigenvalue weighted by Crippen LogP contribution is -2.52. The van der Waals surface area contributed by atoms with Crippen LogP contribution in [0.3, 0.4) is 0 Å². The number of carbonyl (C=O) groups excluding carboxylic acids is 2. The van der Waals surface area contributed by atoms with Gasteiger partial charge >= 0.3 is 0 Å². The molecule has 2 rings (SSSR count). The zero-order chi connectivity index (χ0) is 26.3.